The van der Waals surface area contributed by atoms with Crippen molar-refractivity contribution in [3.63, 3.8) is 0 Å². The molecule has 0 radical (unpaired) electrons. The maximum absolute atomic E-state index is 13.3. The van der Waals surface area contributed by atoms with E-state index in [0.29, 0.717) is 17.0 Å². The van der Waals surface area contributed by atoms with Gasteiger partial charge in [0.2, 0.25) is 5.91 Å². The fourth-order valence-electron chi connectivity index (χ4n) is 4.10. The Balaban J connectivity index is 1.64. The van der Waals surface area contributed by atoms with E-state index in [0.717, 1.165) is 34.1 Å². The number of carbonyl (C=O) groups is 1. The van der Waals surface area contributed by atoms with Crippen LogP contribution in [0.2, 0.25) is 0 Å². The van der Waals surface area contributed by atoms with Crippen LogP contribution in [0.25, 0.3) is 10.2 Å². The molecule has 0 bridgehead atoms. The number of thiophene rings is 1. The molecule has 30 heavy (non-hydrogen) atoms. The molecule has 1 amide bonds. The van der Waals surface area contributed by atoms with E-state index in [1.807, 2.05) is 24.3 Å². The average Bonchev–Trinajstić information content (AvgIpc) is 3.07. The minimum Gasteiger partial charge on any atom is -0.324 e. The first-order valence-electron chi connectivity index (χ1n) is 10.2. The monoisotopic (exact) mass is 487 g/mol. The van der Waals surface area contributed by atoms with Gasteiger partial charge in [-0.2, -0.15) is 0 Å². The molecule has 158 valence electrons. The summed E-state index contributed by atoms with van der Waals surface area (Å²) in [4.78, 5) is 32.7. The van der Waals surface area contributed by atoms with Gasteiger partial charge in [-0.25, -0.2) is 4.98 Å². The Kier molecular flexibility index (Phi) is 5.62. The molecule has 3 aromatic rings. The van der Waals surface area contributed by atoms with Gasteiger partial charge in [0.25, 0.3) is 5.56 Å². The van der Waals surface area contributed by atoms with Gasteiger partial charge >= 0.3 is 0 Å². The van der Waals surface area contributed by atoms with Crippen LogP contribution in [0.1, 0.15) is 50.6 Å². The van der Waals surface area contributed by atoms with Crippen molar-refractivity contribution in [2.75, 3.05) is 5.32 Å². The molecule has 2 unspecified atom stereocenters. The third kappa shape index (κ3) is 3.97. The zero-order valence-electron chi connectivity index (χ0n) is 17.7. The largest absolute Gasteiger partial charge is 0.324 e. The molecule has 0 spiro atoms. The fraction of sp³-hybridized carbons (Fsp3) is 0.435. The van der Waals surface area contributed by atoms with Crippen LogP contribution in [0.4, 0.5) is 5.69 Å². The Bertz CT molecular complexity index is 1160. The van der Waals surface area contributed by atoms with Crippen molar-refractivity contribution in [3.05, 3.63) is 55.9 Å². The van der Waals surface area contributed by atoms with Gasteiger partial charge in [0.1, 0.15) is 10.9 Å². The lowest BCUT2D eigenvalue weighted by Crippen LogP contribution is -2.32. The Morgan fingerprint density at radius 2 is 2.00 bits per heavy atom. The summed E-state index contributed by atoms with van der Waals surface area (Å²) >= 11 is 5.02. The maximum Gasteiger partial charge on any atom is 0.263 e. The molecule has 0 fully saturated rings. The number of fused-ring (bicyclic) bond motifs is 3. The lowest BCUT2D eigenvalue weighted by atomic mass is 9.72. The van der Waals surface area contributed by atoms with E-state index in [1.54, 1.807) is 18.3 Å². The summed E-state index contributed by atoms with van der Waals surface area (Å²) in [6.07, 6.45) is 4.49. The standard InChI is InChI=1S/C23H26BrN3O2S/c1-13(20(28)26-16-8-6-15(24)7-9-16)27-12-25-21-19(22(27)29)17-10-5-14(23(2,3)4)11-18(17)30-21/h6-9,12-14H,5,10-11H2,1-4H3,(H,26,28). The van der Waals surface area contributed by atoms with Gasteiger partial charge in [-0.3, -0.25) is 14.2 Å². The third-order valence-electron chi connectivity index (χ3n) is 6.13. The van der Waals surface area contributed by atoms with Crippen molar-refractivity contribution < 1.29 is 4.79 Å². The van der Waals surface area contributed by atoms with Crippen molar-refractivity contribution >= 4 is 49.1 Å². The summed E-state index contributed by atoms with van der Waals surface area (Å²) in [6, 6.07) is 6.71. The molecule has 1 aromatic carbocycles. The van der Waals surface area contributed by atoms with Gasteiger partial charge < -0.3 is 5.32 Å². The van der Waals surface area contributed by atoms with E-state index in [1.165, 1.54) is 15.8 Å². The first-order valence-corrected chi connectivity index (χ1v) is 11.8. The molecule has 5 nitrogen and oxygen atoms in total. The Morgan fingerprint density at radius 3 is 2.67 bits per heavy atom. The summed E-state index contributed by atoms with van der Waals surface area (Å²) in [5, 5.41) is 3.58. The zero-order valence-corrected chi connectivity index (χ0v) is 20.1. The number of nitrogens with one attached hydrogen (secondary N) is 1. The normalized spacial score (nSPS) is 17.6. The molecule has 2 atom stereocenters. The number of aromatic nitrogens is 2. The number of amides is 1. The molecule has 0 saturated heterocycles. The predicted octanol–water partition coefficient (Wildman–Crippen LogP) is 5.57. The second-order valence-corrected chi connectivity index (χ2v) is 11.1. The highest BCUT2D eigenvalue weighted by Crippen LogP contribution is 2.42. The number of anilines is 1. The second-order valence-electron chi connectivity index (χ2n) is 9.12. The molecule has 2 aromatic heterocycles. The number of rotatable bonds is 3. The molecule has 7 heteroatoms. The van der Waals surface area contributed by atoms with E-state index < -0.39 is 6.04 Å². The lowest BCUT2D eigenvalue weighted by molar-refractivity contribution is -0.118. The smallest absolute Gasteiger partial charge is 0.263 e. The number of carbonyl (C=O) groups excluding carboxylic acids is 1. The average molecular weight is 488 g/mol. The van der Waals surface area contributed by atoms with Crippen LogP contribution in [0.5, 0.6) is 0 Å². The minimum absolute atomic E-state index is 0.120. The van der Waals surface area contributed by atoms with Crippen molar-refractivity contribution in [1.29, 1.82) is 0 Å². The first kappa shape index (κ1) is 21.2. The third-order valence-corrected chi connectivity index (χ3v) is 7.82. The summed E-state index contributed by atoms with van der Waals surface area (Å²) < 4.78 is 2.40. The van der Waals surface area contributed by atoms with Gasteiger partial charge in [0.05, 0.1) is 11.7 Å². The van der Waals surface area contributed by atoms with Crippen molar-refractivity contribution in [2.45, 2.75) is 53.0 Å². The fourth-order valence-corrected chi connectivity index (χ4v) is 5.62. The van der Waals surface area contributed by atoms with Crippen LogP contribution in [0.15, 0.2) is 39.9 Å². The number of nitrogens with zero attached hydrogens (tertiary/aromatic N) is 2. The highest BCUT2D eigenvalue weighted by molar-refractivity contribution is 9.10. The second kappa shape index (κ2) is 7.93. The SMILES string of the molecule is CC(C(=O)Nc1ccc(Br)cc1)n1cnc2sc3c(c2c1=O)CCC(C(C)(C)C)C3. The van der Waals surface area contributed by atoms with Crippen LogP contribution in [-0.4, -0.2) is 15.5 Å². The van der Waals surface area contributed by atoms with Gasteiger partial charge in [0.15, 0.2) is 0 Å². The topological polar surface area (TPSA) is 64.0 Å². The molecule has 0 aliphatic heterocycles. The van der Waals surface area contributed by atoms with Crippen molar-refractivity contribution in [3.8, 4) is 0 Å². The molecule has 2 heterocycles. The van der Waals surface area contributed by atoms with Crippen LogP contribution in [0.3, 0.4) is 0 Å². The summed E-state index contributed by atoms with van der Waals surface area (Å²) in [7, 11) is 0. The molecular formula is C23H26BrN3O2S. The van der Waals surface area contributed by atoms with E-state index in [2.05, 4.69) is 47.0 Å². The Morgan fingerprint density at radius 1 is 1.30 bits per heavy atom. The van der Waals surface area contributed by atoms with Gasteiger partial charge in [0, 0.05) is 15.0 Å². The molecule has 0 saturated carbocycles. The number of benzene rings is 1. The molecule has 1 aliphatic carbocycles. The van der Waals surface area contributed by atoms with Crippen molar-refractivity contribution in [2.24, 2.45) is 11.3 Å². The maximum atomic E-state index is 13.3. The highest BCUT2D eigenvalue weighted by Gasteiger charge is 2.32. The van der Waals surface area contributed by atoms with Crippen LogP contribution >= 0.6 is 27.3 Å². The van der Waals surface area contributed by atoms with E-state index in [-0.39, 0.29) is 16.9 Å². The summed E-state index contributed by atoms with van der Waals surface area (Å²) in [5.41, 5.74) is 1.97. The summed E-state index contributed by atoms with van der Waals surface area (Å²) in [5.74, 6) is 0.369. The number of hydrogen-bond acceptors (Lipinski definition) is 4. The predicted molar refractivity (Wildman–Crippen MR) is 126 cm³/mol. The van der Waals surface area contributed by atoms with E-state index in [9.17, 15) is 9.59 Å². The minimum atomic E-state index is -0.653. The number of aryl methyl sites for hydroxylation is 1. The Hall–Kier alpha value is -1.99. The first-order chi connectivity index (χ1) is 14.1. The Labute approximate surface area is 188 Å². The van der Waals surface area contributed by atoms with Crippen LogP contribution in [-0.2, 0) is 17.6 Å². The molecular weight excluding hydrogens is 462 g/mol. The van der Waals surface area contributed by atoms with Crippen molar-refractivity contribution in [1.82, 2.24) is 9.55 Å². The quantitative estimate of drug-likeness (QED) is 0.524. The summed E-state index contributed by atoms with van der Waals surface area (Å²) in [6.45, 7) is 8.59. The molecule has 1 aliphatic rings. The molecule has 4 rings (SSSR count). The number of hydrogen-bond donors (Lipinski definition) is 1. The lowest BCUT2D eigenvalue weighted by Gasteiger charge is -2.33. The van der Waals surface area contributed by atoms with Crippen LogP contribution < -0.4 is 10.9 Å². The van der Waals surface area contributed by atoms with Gasteiger partial charge in [-0.05, 0) is 67.3 Å². The van der Waals surface area contributed by atoms with Crippen LogP contribution in [0, 0.1) is 11.3 Å². The highest BCUT2D eigenvalue weighted by atomic mass is 79.9. The zero-order chi connectivity index (χ0) is 21.6. The number of halogens is 1. The molecule has 1 N–H and O–H groups in total. The van der Waals surface area contributed by atoms with Gasteiger partial charge in [-0.15, -0.1) is 11.3 Å². The van der Waals surface area contributed by atoms with Gasteiger partial charge in [-0.1, -0.05) is 36.7 Å². The van der Waals surface area contributed by atoms with E-state index in [4.69, 9.17) is 0 Å². The van der Waals surface area contributed by atoms with E-state index >= 15 is 0 Å².